The second kappa shape index (κ2) is 6.66. The minimum atomic E-state index is -0.569. The maximum absolute atomic E-state index is 13.2. The van der Waals surface area contributed by atoms with Gasteiger partial charge in [0.15, 0.2) is 0 Å². The van der Waals surface area contributed by atoms with Crippen LogP contribution in [0.4, 0.5) is 8.78 Å². The first kappa shape index (κ1) is 15.4. The molecule has 2 aromatic carbocycles. The van der Waals surface area contributed by atoms with E-state index in [-0.39, 0.29) is 6.04 Å². The molecule has 0 radical (unpaired) electrons. The van der Waals surface area contributed by atoms with Crippen LogP contribution in [0.3, 0.4) is 0 Å². The van der Waals surface area contributed by atoms with Crippen LogP contribution < -0.4 is 5.32 Å². The largest absolute Gasteiger partial charge is 0.313 e. The molecular formula is C15H13BrClF2N. The number of rotatable bonds is 4. The summed E-state index contributed by atoms with van der Waals surface area (Å²) in [6.07, 6.45) is 0.462. The Hall–Kier alpha value is -0.970. The molecule has 0 saturated heterocycles. The van der Waals surface area contributed by atoms with E-state index in [2.05, 4.69) is 21.2 Å². The van der Waals surface area contributed by atoms with Gasteiger partial charge >= 0.3 is 0 Å². The van der Waals surface area contributed by atoms with Gasteiger partial charge in [-0.1, -0.05) is 27.5 Å². The van der Waals surface area contributed by atoms with E-state index in [1.54, 1.807) is 13.1 Å². The first-order valence-corrected chi connectivity index (χ1v) is 7.24. The maximum atomic E-state index is 13.2. The van der Waals surface area contributed by atoms with Gasteiger partial charge in [-0.2, -0.15) is 0 Å². The molecule has 106 valence electrons. The van der Waals surface area contributed by atoms with E-state index in [1.165, 1.54) is 12.1 Å². The van der Waals surface area contributed by atoms with Gasteiger partial charge in [0.05, 0.1) is 0 Å². The Balaban J connectivity index is 2.31. The molecule has 0 heterocycles. The lowest BCUT2D eigenvalue weighted by molar-refractivity contribution is 0.561. The van der Waals surface area contributed by atoms with E-state index in [9.17, 15) is 8.78 Å². The summed E-state index contributed by atoms with van der Waals surface area (Å²) < 4.78 is 27.4. The van der Waals surface area contributed by atoms with Crippen molar-refractivity contribution in [1.82, 2.24) is 5.32 Å². The standard InChI is InChI=1S/C15H13BrClF2N/c1-20-15(13-7-10(17)2-3-14(13)16)6-9-4-11(18)8-12(19)5-9/h2-5,7-8,15,20H,6H2,1H3. The fourth-order valence-corrected chi connectivity index (χ4v) is 2.82. The Kier molecular flexibility index (Phi) is 5.13. The molecule has 0 spiro atoms. The normalized spacial score (nSPS) is 12.4. The van der Waals surface area contributed by atoms with Gasteiger partial charge in [0.2, 0.25) is 0 Å². The zero-order valence-corrected chi connectivity index (χ0v) is 13.1. The van der Waals surface area contributed by atoms with Gasteiger partial charge in [-0.3, -0.25) is 0 Å². The monoisotopic (exact) mass is 359 g/mol. The SMILES string of the molecule is CNC(Cc1cc(F)cc(F)c1)c1cc(Cl)ccc1Br. The molecule has 0 fully saturated rings. The van der Waals surface area contributed by atoms with Crippen LogP contribution in [0.2, 0.25) is 5.02 Å². The quantitative estimate of drug-likeness (QED) is 0.819. The highest BCUT2D eigenvalue weighted by Gasteiger charge is 2.15. The third-order valence-corrected chi connectivity index (χ3v) is 4.00. The molecule has 1 unspecified atom stereocenters. The van der Waals surface area contributed by atoms with E-state index in [0.29, 0.717) is 17.0 Å². The molecule has 20 heavy (non-hydrogen) atoms. The van der Waals surface area contributed by atoms with Gasteiger partial charge in [-0.15, -0.1) is 0 Å². The summed E-state index contributed by atoms with van der Waals surface area (Å²) in [7, 11) is 1.80. The van der Waals surface area contributed by atoms with Crippen molar-refractivity contribution in [2.24, 2.45) is 0 Å². The Morgan fingerprint density at radius 3 is 2.40 bits per heavy atom. The van der Waals surface area contributed by atoms with Gasteiger partial charge in [0, 0.05) is 21.6 Å². The fourth-order valence-electron chi connectivity index (χ4n) is 2.11. The van der Waals surface area contributed by atoms with Gasteiger partial charge in [0.1, 0.15) is 11.6 Å². The minimum Gasteiger partial charge on any atom is -0.313 e. The van der Waals surface area contributed by atoms with Crippen molar-refractivity contribution in [3.05, 3.63) is 68.7 Å². The van der Waals surface area contributed by atoms with Crippen molar-refractivity contribution in [3.63, 3.8) is 0 Å². The molecule has 2 rings (SSSR count). The highest BCUT2D eigenvalue weighted by Crippen LogP contribution is 2.29. The third-order valence-electron chi connectivity index (χ3n) is 3.04. The Morgan fingerprint density at radius 2 is 1.80 bits per heavy atom. The summed E-state index contributed by atoms with van der Waals surface area (Å²) in [5.74, 6) is -1.14. The molecule has 1 N–H and O–H groups in total. The van der Waals surface area contributed by atoms with E-state index in [1.807, 2.05) is 12.1 Å². The average Bonchev–Trinajstić information content (AvgIpc) is 2.38. The van der Waals surface area contributed by atoms with Crippen molar-refractivity contribution in [3.8, 4) is 0 Å². The number of hydrogen-bond acceptors (Lipinski definition) is 1. The predicted octanol–water partition coefficient (Wildman–Crippen LogP) is 4.88. The van der Waals surface area contributed by atoms with Crippen LogP contribution in [-0.4, -0.2) is 7.05 Å². The van der Waals surface area contributed by atoms with E-state index < -0.39 is 11.6 Å². The molecule has 0 aliphatic heterocycles. The molecule has 0 aliphatic rings. The van der Waals surface area contributed by atoms with Gasteiger partial charge in [-0.05, 0) is 54.9 Å². The highest BCUT2D eigenvalue weighted by molar-refractivity contribution is 9.10. The summed E-state index contributed by atoms with van der Waals surface area (Å²) in [4.78, 5) is 0. The minimum absolute atomic E-state index is 0.0933. The summed E-state index contributed by atoms with van der Waals surface area (Å²) in [6, 6.07) is 8.93. The van der Waals surface area contributed by atoms with Crippen molar-refractivity contribution in [1.29, 1.82) is 0 Å². The zero-order valence-electron chi connectivity index (χ0n) is 10.8. The van der Waals surface area contributed by atoms with E-state index >= 15 is 0 Å². The van der Waals surface area contributed by atoms with Crippen molar-refractivity contribution < 1.29 is 8.78 Å². The Morgan fingerprint density at radius 1 is 1.15 bits per heavy atom. The topological polar surface area (TPSA) is 12.0 Å². The fraction of sp³-hybridized carbons (Fsp3) is 0.200. The van der Waals surface area contributed by atoms with Gasteiger partial charge < -0.3 is 5.32 Å². The predicted molar refractivity (Wildman–Crippen MR) is 81.0 cm³/mol. The molecule has 0 aliphatic carbocycles. The van der Waals surface area contributed by atoms with Crippen LogP contribution in [-0.2, 0) is 6.42 Å². The number of likely N-dealkylation sites (N-methyl/N-ethyl adjacent to an activating group) is 1. The second-order valence-electron chi connectivity index (χ2n) is 4.49. The molecule has 0 amide bonds. The molecule has 2 aromatic rings. The van der Waals surface area contributed by atoms with Crippen molar-refractivity contribution in [2.45, 2.75) is 12.5 Å². The van der Waals surface area contributed by atoms with Crippen molar-refractivity contribution >= 4 is 27.5 Å². The lowest BCUT2D eigenvalue weighted by Gasteiger charge is -2.19. The maximum Gasteiger partial charge on any atom is 0.126 e. The smallest absolute Gasteiger partial charge is 0.126 e. The Labute approximate surface area is 130 Å². The van der Waals surface area contributed by atoms with Crippen LogP contribution in [0.15, 0.2) is 40.9 Å². The molecular weight excluding hydrogens is 348 g/mol. The molecule has 0 bridgehead atoms. The van der Waals surface area contributed by atoms with Crippen LogP contribution in [0.25, 0.3) is 0 Å². The number of nitrogens with one attached hydrogen (secondary N) is 1. The van der Waals surface area contributed by atoms with Crippen LogP contribution in [0.5, 0.6) is 0 Å². The van der Waals surface area contributed by atoms with Gasteiger partial charge in [-0.25, -0.2) is 8.78 Å². The van der Waals surface area contributed by atoms with Crippen LogP contribution in [0.1, 0.15) is 17.2 Å². The first-order valence-electron chi connectivity index (χ1n) is 6.07. The summed E-state index contributed by atoms with van der Waals surface area (Å²) in [5, 5.41) is 3.76. The third kappa shape index (κ3) is 3.78. The number of hydrogen-bond donors (Lipinski definition) is 1. The average molecular weight is 361 g/mol. The lowest BCUT2D eigenvalue weighted by Crippen LogP contribution is -2.19. The molecule has 1 atom stereocenters. The Bertz CT molecular complexity index is 599. The second-order valence-corrected chi connectivity index (χ2v) is 5.78. The van der Waals surface area contributed by atoms with E-state index in [4.69, 9.17) is 11.6 Å². The van der Waals surface area contributed by atoms with Crippen molar-refractivity contribution in [2.75, 3.05) is 7.05 Å². The summed E-state index contributed by atoms with van der Waals surface area (Å²) in [6.45, 7) is 0. The number of halogens is 4. The molecule has 5 heteroatoms. The highest BCUT2D eigenvalue weighted by atomic mass is 79.9. The number of benzene rings is 2. The molecule has 0 aromatic heterocycles. The molecule has 1 nitrogen and oxygen atoms in total. The van der Waals surface area contributed by atoms with E-state index in [0.717, 1.165) is 16.1 Å². The lowest BCUT2D eigenvalue weighted by atomic mass is 9.99. The van der Waals surface area contributed by atoms with Crippen LogP contribution >= 0.6 is 27.5 Å². The zero-order chi connectivity index (χ0) is 14.7. The first-order chi connectivity index (χ1) is 9.49. The summed E-state index contributed by atoms with van der Waals surface area (Å²) >= 11 is 9.47. The molecule has 0 saturated carbocycles. The summed E-state index contributed by atoms with van der Waals surface area (Å²) in [5.41, 5.74) is 1.54. The van der Waals surface area contributed by atoms with Gasteiger partial charge in [0.25, 0.3) is 0 Å². The van der Waals surface area contributed by atoms with Crippen LogP contribution in [0, 0.1) is 11.6 Å².